The Morgan fingerprint density at radius 3 is 2.51 bits per heavy atom. The Morgan fingerprint density at radius 2 is 1.85 bits per heavy atom. The predicted molar refractivity (Wildman–Crippen MR) is 142 cm³/mol. The highest BCUT2D eigenvalue weighted by molar-refractivity contribution is 5.99. The number of amides is 2. The van der Waals surface area contributed by atoms with Crippen molar-refractivity contribution >= 4 is 17.8 Å². The smallest absolute Gasteiger partial charge is 0.330 e. The number of rotatable bonds is 9. The largest absolute Gasteiger partial charge is 0.487 e. The molecule has 3 heterocycles. The highest BCUT2D eigenvalue weighted by atomic mass is 19.1. The van der Waals surface area contributed by atoms with Crippen LogP contribution in [0.3, 0.4) is 0 Å². The van der Waals surface area contributed by atoms with Crippen LogP contribution in [0.2, 0.25) is 0 Å². The quantitative estimate of drug-likeness (QED) is 0.275. The first kappa shape index (κ1) is 29.9. The molecule has 1 fully saturated rings. The molecule has 1 aromatic heterocycles. The molecular formula is C29H32F3N3O6. The van der Waals surface area contributed by atoms with Gasteiger partial charge in [-0.1, -0.05) is 13.3 Å². The van der Waals surface area contributed by atoms with Crippen LogP contribution in [0, 0.1) is 17.5 Å². The molecule has 2 atom stereocenters. The first-order valence-corrected chi connectivity index (χ1v) is 13.6. The fourth-order valence-corrected chi connectivity index (χ4v) is 5.05. The minimum Gasteiger partial charge on any atom is -0.487 e. The number of nitrogens with one attached hydrogen (secondary N) is 1. The van der Waals surface area contributed by atoms with Crippen molar-refractivity contribution in [2.75, 3.05) is 19.8 Å². The summed E-state index contributed by atoms with van der Waals surface area (Å²) >= 11 is 0. The van der Waals surface area contributed by atoms with Crippen molar-refractivity contribution in [2.45, 2.75) is 65.1 Å². The highest BCUT2D eigenvalue weighted by Crippen LogP contribution is 2.37. The van der Waals surface area contributed by atoms with Gasteiger partial charge in [0.25, 0.3) is 11.8 Å². The second kappa shape index (κ2) is 12.6. The number of hydrogen-bond acceptors (Lipinski definition) is 6. The maximum Gasteiger partial charge on any atom is 0.330 e. The molecule has 1 aromatic carbocycles. The van der Waals surface area contributed by atoms with Crippen molar-refractivity contribution in [2.24, 2.45) is 0 Å². The van der Waals surface area contributed by atoms with Gasteiger partial charge in [-0.15, -0.1) is 0 Å². The van der Waals surface area contributed by atoms with Crippen molar-refractivity contribution in [3.05, 3.63) is 74.5 Å². The fraction of sp³-hybridized carbons (Fsp3) is 0.448. The van der Waals surface area contributed by atoms with Gasteiger partial charge in [0.15, 0.2) is 11.4 Å². The van der Waals surface area contributed by atoms with Gasteiger partial charge in [-0.3, -0.25) is 14.4 Å². The number of nitrogens with zero attached hydrogens (tertiary/aromatic N) is 2. The normalized spacial score (nSPS) is 19.0. The van der Waals surface area contributed by atoms with Gasteiger partial charge in [-0.25, -0.2) is 18.0 Å². The van der Waals surface area contributed by atoms with Crippen molar-refractivity contribution in [3.63, 3.8) is 0 Å². The van der Waals surface area contributed by atoms with Gasteiger partial charge in [0.05, 0.1) is 19.3 Å². The number of carbonyl (C=O) groups excluding carboxylic acids is 3. The second-order valence-corrected chi connectivity index (χ2v) is 10.0. The molecule has 1 N–H and O–H groups in total. The Bertz CT molecular complexity index is 1430. The van der Waals surface area contributed by atoms with Crippen LogP contribution in [0.4, 0.5) is 13.2 Å². The van der Waals surface area contributed by atoms with E-state index in [1.807, 2.05) is 13.8 Å². The van der Waals surface area contributed by atoms with E-state index in [-0.39, 0.29) is 37.2 Å². The van der Waals surface area contributed by atoms with E-state index < -0.39 is 64.4 Å². The van der Waals surface area contributed by atoms with Gasteiger partial charge in [-0.2, -0.15) is 0 Å². The highest BCUT2D eigenvalue weighted by Gasteiger charge is 2.41. The molecule has 1 saturated heterocycles. The third-order valence-electron chi connectivity index (χ3n) is 7.28. The number of benzene rings is 1. The Labute approximate surface area is 234 Å². The molecule has 2 bridgehead atoms. The lowest BCUT2D eigenvalue weighted by atomic mass is 9.99. The summed E-state index contributed by atoms with van der Waals surface area (Å²) in [4.78, 5) is 54.5. The van der Waals surface area contributed by atoms with Crippen molar-refractivity contribution < 1.29 is 37.0 Å². The molecule has 2 amide bonds. The van der Waals surface area contributed by atoms with E-state index in [0.29, 0.717) is 37.0 Å². The van der Waals surface area contributed by atoms with Crippen molar-refractivity contribution in [1.29, 1.82) is 0 Å². The summed E-state index contributed by atoms with van der Waals surface area (Å²) in [5, 5.41) is 2.31. The van der Waals surface area contributed by atoms with Gasteiger partial charge < -0.3 is 24.3 Å². The average Bonchev–Trinajstić information content (AvgIpc) is 3.05. The number of ether oxygens (including phenoxy) is 2. The number of esters is 1. The minimum atomic E-state index is -1.19. The number of halogens is 3. The van der Waals surface area contributed by atoms with E-state index >= 15 is 0 Å². The van der Waals surface area contributed by atoms with Crippen LogP contribution in [-0.2, 0) is 16.1 Å². The summed E-state index contributed by atoms with van der Waals surface area (Å²) in [6, 6.07) is 0.165. The topological polar surface area (TPSA) is 107 Å². The summed E-state index contributed by atoms with van der Waals surface area (Å²) in [5.74, 6) is -5.78. The third kappa shape index (κ3) is 6.15. The second-order valence-electron chi connectivity index (χ2n) is 10.0. The van der Waals surface area contributed by atoms with Crippen LogP contribution in [0.5, 0.6) is 5.75 Å². The number of hydrogen-bond donors (Lipinski definition) is 1. The SMILES string of the molecule is CCCCOc1c2n(cc(C(=O)NCc3c(F)cc(F)cc3F)c1=O)[C@@H]1CN(C2=O)[C@@H](C)CC/C1=C\C(=O)OCC. The van der Waals surface area contributed by atoms with Gasteiger partial charge >= 0.3 is 5.97 Å². The van der Waals surface area contributed by atoms with Gasteiger partial charge in [0.2, 0.25) is 5.43 Å². The molecule has 2 aliphatic heterocycles. The molecular weight excluding hydrogens is 543 g/mol. The summed E-state index contributed by atoms with van der Waals surface area (Å²) in [6.07, 6.45) is 4.91. The summed E-state index contributed by atoms with van der Waals surface area (Å²) in [7, 11) is 0. The molecule has 220 valence electrons. The Kier molecular flexibility index (Phi) is 9.19. The Morgan fingerprint density at radius 1 is 1.15 bits per heavy atom. The lowest BCUT2D eigenvalue weighted by Gasteiger charge is -2.38. The lowest BCUT2D eigenvalue weighted by Crippen LogP contribution is -2.48. The number of fused-ring (bicyclic) bond motifs is 4. The van der Waals surface area contributed by atoms with Crippen LogP contribution >= 0.6 is 0 Å². The minimum absolute atomic E-state index is 0.0435. The van der Waals surface area contributed by atoms with Gasteiger partial charge in [0, 0.05) is 49.1 Å². The molecule has 0 aliphatic carbocycles. The first-order chi connectivity index (χ1) is 19.6. The lowest BCUT2D eigenvalue weighted by molar-refractivity contribution is -0.137. The van der Waals surface area contributed by atoms with E-state index in [0.717, 1.165) is 6.42 Å². The third-order valence-corrected chi connectivity index (χ3v) is 7.28. The molecule has 2 aliphatic rings. The molecule has 41 heavy (non-hydrogen) atoms. The standard InChI is InChI=1S/C29H32F3N3O6/c1-4-6-9-41-27-25-29(39)34-15-23(17(8-7-16(34)3)10-24(36)40-5-2)35(25)14-20(26(27)37)28(38)33-13-19-21(31)11-18(30)12-22(19)32/h10-12,14,16,23H,4-9,13,15H2,1-3H3,(H,33,38)/b17-10+/t16-,23+/m0/s1. The van der Waals surface area contributed by atoms with Crippen LogP contribution in [0.15, 0.2) is 34.8 Å². The van der Waals surface area contributed by atoms with E-state index in [2.05, 4.69) is 5.32 Å². The maximum absolute atomic E-state index is 14.2. The van der Waals surface area contributed by atoms with E-state index in [9.17, 15) is 32.3 Å². The van der Waals surface area contributed by atoms with E-state index in [1.165, 1.54) is 16.8 Å². The van der Waals surface area contributed by atoms with E-state index in [4.69, 9.17) is 9.47 Å². The Hall–Kier alpha value is -4.09. The van der Waals surface area contributed by atoms with Gasteiger partial charge in [0.1, 0.15) is 23.0 Å². The van der Waals surface area contributed by atoms with Crippen LogP contribution in [0.1, 0.15) is 78.9 Å². The van der Waals surface area contributed by atoms with Crippen LogP contribution in [0.25, 0.3) is 0 Å². The zero-order valence-corrected chi connectivity index (χ0v) is 23.1. The van der Waals surface area contributed by atoms with Crippen LogP contribution in [-0.4, -0.2) is 53.1 Å². The maximum atomic E-state index is 14.2. The predicted octanol–water partition coefficient (Wildman–Crippen LogP) is 4.04. The first-order valence-electron chi connectivity index (χ1n) is 13.6. The zero-order valence-electron chi connectivity index (χ0n) is 23.1. The molecule has 2 aromatic rings. The summed E-state index contributed by atoms with van der Waals surface area (Å²) < 4.78 is 54.0. The average molecular weight is 576 g/mol. The fourth-order valence-electron chi connectivity index (χ4n) is 5.05. The summed E-state index contributed by atoms with van der Waals surface area (Å²) in [5.41, 5.74) is -1.26. The van der Waals surface area contributed by atoms with E-state index in [1.54, 1.807) is 11.8 Å². The summed E-state index contributed by atoms with van der Waals surface area (Å²) in [6.45, 7) is 5.28. The van der Waals surface area contributed by atoms with Crippen molar-refractivity contribution in [3.8, 4) is 5.75 Å². The van der Waals surface area contributed by atoms with Crippen LogP contribution < -0.4 is 15.5 Å². The molecule has 12 heteroatoms. The monoisotopic (exact) mass is 575 g/mol. The molecule has 0 radical (unpaired) electrons. The number of unbranched alkanes of at least 4 members (excludes halogenated alkanes) is 1. The van der Waals surface area contributed by atoms with Crippen molar-refractivity contribution in [1.82, 2.24) is 14.8 Å². The molecule has 0 unspecified atom stereocenters. The number of aromatic nitrogens is 1. The number of pyridine rings is 1. The Balaban J connectivity index is 1.82. The molecule has 4 rings (SSSR count). The van der Waals surface area contributed by atoms with Gasteiger partial charge in [-0.05, 0) is 38.7 Å². The molecule has 9 nitrogen and oxygen atoms in total. The molecule has 0 saturated carbocycles. The zero-order chi connectivity index (χ0) is 29.8. The number of carbonyl (C=O) groups is 3. The molecule has 0 spiro atoms.